The standard InChI is InChI=1S/C24H17ClN2O4/c25-19-13-15(14-23(28)29)5-12-22(19)31-18-9-7-17(8-10-18)26-24(30)21-11-6-16-3-1-2-4-20(16)27-21/h1-13H,14H2,(H,26,30)(H,28,29). The molecule has 4 aromatic rings. The Labute approximate surface area is 183 Å². The highest BCUT2D eigenvalue weighted by Gasteiger charge is 2.10. The first-order valence-corrected chi connectivity index (χ1v) is 9.81. The van der Waals surface area contributed by atoms with Gasteiger partial charge in [-0.2, -0.15) is 0 Å². The van der Waals surface area contributed by atoms with Crippen molar-refractivity contribution in [3.63, 3.8) is 0 Å². The zero-order valence-electron chi connectivity index (χ0n) is 16.2. The number of para-hydroxylation sites is 1. The maximum absolute atomic E-state index is 12.5. The van der Waals surface area contributed by atoms with Gasteiger partial charge in [-0.05, 0) is 54.1 Å². The molecule has 1 heterocycles. The number of benzene rings is 3. The molecule has 6 nitrogen and oxygen atoms in total. The molecule has 0 atom stereocenters. The van der Waals surface area contributed by atoms with Gasteiger partial charge in [0.1, 0.15) is 17.2 Å². The van der Waals surface area contributed by atoms with E-state index in [9.17, 15) is 9.59 Å². The topological polar surface area (TPSA) is 88.5 Å². The lowest BCUT2D eigenvalue weighted by atomic mass is 10.1. The summed E-state index contributed by atoms with van der Waals surface area (Å²) < 4.78 is 5.76. The zero-order valence-corrected chi connectivity index (χ0v) is 17.0. The molecule has 0 aliphatic heterocycles. The number of carboxylic acids is 1. The highest BCUT2D eigenvalue weighted by atomic mass is 35.5. The van der Waals surface area contributed by atoms with E-state index in [-0.39, 0.29) is 12.3 Å². The molecule has 0 radical (unpaired) electrons. The lowest BCUT2D eigenvalue weighted by Gasteiger charge is -2.10. The summed E-state index contributed by atoms with van der Waals surface area (Å²) in [6.45, 7) is 0. The van der Waals surface area contributed by atoms with Crippen molar-refractivity contribution < 1.29 is 19.4 Å². The van der Waals surface area contributed by atoms with Gasteiger partial charge in [-0.15, -0.1) is 0 Å². The molecule has 1 aromatic heterocycles. The second-order valence-corrected chi connectivity index (χ2v) is 7.21. The van der Waals surface area contributed by atoms with Crippen molar-refractivity contribution >= 4 is 40.1 Å². The molecule has 0 unspecified atom stereocenters. The van der Waals surface area contributed by atoms with Crippen molar-refractivity contribution in [3.05, 3.63) is 95.1 Å². The van der Waals surface area contributed by atoms with Crippen molar-refractivity contribution in [2.45, 2.75) is 6.42 Å². The summed E-state index contributed by atoms with van der Waals surface area (Å²) in [6.07, 6.45) is -0.111. The average Bonchev–Trinajstić information content (AvgIpc) is 2.76. The lowest BCUT2D eigenvalue weighted by Crippen LogP contribution is -2.13. The Kier molecular flexibility index (Phi) is 5.82. The van der Waals surface area contributed by atoms with Crippen molar-refractivity contribution in [1.29, 1.82) is 0 Å². The molecule has 4 rings (SSSR count). The predicted molar refractivity (Wildman–Crippen MR) is 119 cm³/mol. The molecule has 3 aromatic carbocycles. The lowest BCUT2D eigenvalue weighted by molar-refractivity contribution is -0.136. The molecule has 0 aliphatic rings. The summed E-state index contributed by atoms with van der Waals surface area (Å²) in [4.78, 5) is 27.7. The average molecular weight is 433 g/mol. The quantitative estimate of drug-likeness (QED) is 0.416. The summed E-state index contributed by atoms with van der Waals surface area (Å²) >= 11 is 6.19. The molecule has 2 N–H and O–H groups in total. The zero-order chi connectivity index (χ0) is 21.8. The van der Waals surface area contributed by atoms with Crippen molar-refractivity contribution in [1.82, 2.24) is 4.98 Å². The largest absolute Gasteiger partial charge is 0.481 e. The molecular weight excluding hydrogens is 416 g/mol. The number of aromatic nitrogens is 1. The molecule has 0 bridgehead atoms. The highest BCUT2D eigenvalue weighted by Crippen LogP contribution is 2.31. The second-order valence-electron chi connectivity index (χ2n) is 6.81. The second kappa shape index (κ2) is 8.85. The number of nitrogens with zero attached hydrogens (tertiary/aromatic N) is 1. The molecule has 31 heavy (non-hydrogen) atoms. The number of amides is 1. The van der Waals surface area contributed by atoms with Gasteiger partial charge < -0.3 is 15.2 Å². The molecule has 0 saturated heterocycles. The van der Waals surface area contributed by atoms with Crippen LogP contribution in [0.15, 0.2) is 78.9 Å². The minimum Gasteiger partial charge on any atom is -0.481 e. The van der Waals surface area contributed by atoms with Gasteiger partial charge in [-0.1, -0.05) is 41.9 Å². The smallest absolute Gasteiger partial charge is 0.307 e. The first kappa shape index (κ1) is 20.4. The number of aliphatic carboxylic acids is 1. The van der Waals surface area contributed by atoms with Crippen LogP contribution < -0.4 is 10.1 Å². The fourth-order valence-corrected chi connectivity index (χ4v) is 3.27. The molecule has 154 valence electrons. The molecule has 1 amide bonds. The number of rotatable bonds is 6. The van der Waals surface area contributed by atoms with E-state index in [0.29, 0.717) is 33.5 Å². The minimum absolute atomic E-state index is 0.111. The van der Waals surface area contributed by atoms with E-state index < -0.39 is 5.97 Å². The number of fused-ring (bicyclic) bond motifs is 1. The van der Waals surface area contributed by atoms with E-state index in [2.05, 4.69) is 10.3 Å². The van der Waals surface area contributed by atoms with Gasteiger partial charge in [0.25, 0.3) is 5.91 Å². The van der Waals surface area contributed by atoms with Crippen LogP contribution in [0.3, 0.4) is 0 Å². The Balaban J connectivity index is 1.43. The van der Waals surface area contributed by atoms with Gasteiger partial charge >= 0.3 is 5.97 Å². The number of nitrogens with one attached hydrogen (secondary N) is 1. The number of carbonyl (C=O) groups is 2. The Morgan fingerprint density at radius 2 is 1.74 bits per heavy atom. The number of carboxylic acid groups (broad SMARTS) is 1. The number of anilines is 1. The highest BCUT2D eigenvalue weighted by molar-refractivity contribution is 6.32. The van der Waals surface area contributed by atoms with E-state index in [1.54, 1.807) is 48.5 Å². The van der Waals surface area contributed by atoms with E-state index >= 15 is 0 Å². The van der Waals surface area contributed by atoms with Gasteiger partial charge in [0.15, 0.2) is 0 Å². The van der Waals surface area contributed by atoms with Gasteiger partial charge in [-0.3, -0.25) is 9.59 Å². The first-order chi connectivity index (χ1) is 15.0. The normalized spacial score (nSPS) is 10.6. The Bertz CT molecular complexity index is 1270. The molecule has 0 aliphatic carbocycles. The Morgan fingerprint density at radius 3 is 2.48 bits per heavy atom. The monoisotopic (exact) mass is 432 g/mol. The minimum atomic E-state index is -0.929. The number of pyridine rings is 1. The molecule has 7 heteroatoms. The summed E-state index contributed by atoms with van der Waals surface area (Å²) in [5, 5.41) is 13.0. The van der Waals surface area contributed by atoms with E-state index in [4.69, 9.17) is 21.4 Å². The molecule has 0 fully saturated rings. The molecule has 0 spiro atoms. The third kappa shape index (κ3) is 4.99. The van der Waals surface area contributed by atoms with Crippen molar-refractivity contribution in [2.24, 2.45) is 0 Å². The third-order valence-corrected chi connectivity index (χ3v) is 4.82. The van der Waals surface area contributed by atoms with Gasteiger partial charge in [0.05, 0.1) is 17.0 Å². The van der Waals surface area contributed by atoms with Crippen LogP contribution in [0, 0.1) is 0 Å². The van der Waals surface area contributed by atoms with Crippen LogP contribution in [0.2, 0.25) is 5.02 Å². The summed E-state index contributed by atoms with van der Waals surface area (Å²) in [5.41, 5.74) is 2.26. The number of carbonyl (C=O) groups excluding carboxylic acids is 1. The maximum Gasteiger partial charge on any atom is 0.307 e. The van der Waals surface area contributed by atoms with E-state index in [1.165, 1.54) is 0 Å². The number of hydrogen-bond acceptors (Lipinski definition) is 4. The van der Waals surface area contributed by atoms with Crippen LogP contribution in [-0.4, -0.2) is 22.0 Å². The van der Waals surface area contributed by atoms with Gasteiger partial charge in [-0.25, -0.2) is 4.98 Å². The number of hydrogen-bond donors (Lipinski definition) is 2. The predicted octanol–water partition coefficient (Wildman–Crippen LogP) is 5.56. The molecule has 0 saturated carbocycles. The van der Waals surface area contributed by atoms with E-state index in [1.807, 2.05) is 30.3 Å². The summed E-state index contributed by atoms with van der Waals surface area (Å²) in [5.74, 6) is -0.305. The van der Waals surface area contributed by atoms with Crippen molar-refractivity contribution in [2.75, 3.05) is 5.32 Å². The van der Waals surface area contributed by atoms with Gasteiger partial charge in [0, 0.05) is 11.1 Å². The van der Waals surface area contributed by atoms with Crippen LogP contribution in [0.25, 0.3) is 10.9 Å². The van der Waals surface area contributed by atoms with Crippen LogP contribution in [0.5, 0.6) is 11.5 Å². The van der Waals surface area contributed by atoms with Crippen molar-refractivity contribution in [3.8, 4) is 11.5 Å². The van der Waals surface area contributed by atoms with Crippen LogP contribution in [0.1, 0.15) is 16.1 Å². The summed E-state index contributed by atoms with van der Waals surface area (Å²) in [7, 11) is 0. The summed E-state index contributed by atoms with van der Waals surface area (Å²) in [6, 6.07) is 22.8. The molecular formula is C24H17ClN2O4. The fraction of sp³-hybridized carbons (Fsp3) is 0.0417. The van der Waals surface area contributed by atoms with Crippen LogP contribution in [0.4, 0.5) is 5.69 Å². The van der Waals surface area contributed by atoms with E-state index in [0.717, 1.165) is 10.9 Å². The first-order valence-electron chi connectivity index (χ1n) is 9.43. The maximum atomic E-state index is 12.5. The Hall–Kier alpha value is -3.90. The SMILES string of the molecule is O=C(O)Cc1ccc(Oc2ccc(NC(=O)c3ccc4ccccc4n3)cc2)c(Cl)c1. The number of halogens is 1. The third-order valence-electron chi connectivity index (χ3n) is 4.52. The Morgan fingerprint density at radius 1 is 0.968 bits per heavy atom. The van der Waals surface area contributed by atoms with Crippen LogP contribution in [-0.2, 0) is 11.2 Å². The fourth-order valence-electron chi connectivity index (χ4n) is 3.03. The van der Waals surface area contributed by atoms with Crippen LogP contribution >= 0.6 is 11.6 Å². The number of ether oxygens (including phenoxy) is 1. The van der Waals surface area contributed by atoms with Gasteiger partial charge in [0.2, 0.25) is 0 Å².